The van der Waals surface area contributed by atoms with Gasteiger partial charge in [-0.3, -0.25) is 23.8 Å². The van der Waals surface area contributed by atoms with Gasteiger partial charge in [-0.25, -0.2) is 4.39 Å². The molecule has 11 nitrogen and oxygen atoms in total. The molecule has 0 spiro atoms. The van der Waals surface area contributed by atoms with Gasteiger partial charge >= 0.3 is 0 Å². The molecule has 5 N–H and O–H groups in total. The fourth-order valence-corrected chi connectivity index (χ4v) is 3.76. The molecule has 2 heterocycles. The van der Waals surface area contributed by atoms with Crippen LogP contribution in [-0.4, -0.2) is 39.9 Å². The van der Waals surface area contributed by atoms with Crippen molar-refractivity contribution >= 4 is 38.3 Å². The molecule has 1 amide bonds. The van der Waals surface area contributed by atoms with Crippen LogP contribution in [0.5, 0.6) is 11.5 Å². The average Bonchev–Trinajstić information content (AvgIpc) is 3.32. The minimum atomic E-state index is -3.67. The van der Waals surface area contributed by atoms with E-state index in [4.69, 9.17) is 15.0 Å². The number of anilines is 2. The SMILES string of the molecule is CS(=O)(=O)O.Cc1ccc(C(=O)Nc2ccc(Oc3cc4cn[nH]c4cc3N)c(F)c2)c(=O)n1-c1ccccc1. The Morgan fingerprint density at radius 2 is 1.77 bits per heavy atom. The normalized spacial score (nSPS) is 11.0. The molecule has 0 saturated heterocycles. The highest BCUT2D eigenvalue weighted by atomic mass is 32.2. The quantitative estimate of drug-likeness (QED) is 0.181. The second-order valence-electron chi connectivity index (χ2n) is 8.65. The van der Waals surface area contributed by atoms with Crippen LogP contribution in [0.2, 0.25) is 0 Å². The molecule has 3 aromatic carbocycles. The molecule has 13 heteroatoms. The average molecular weight is 566 g/mol. The number of aryl methyl sites for hydroxylation is 1. The first kappa shape index (κ1) is 28.0. The van der Waals surface area contributed by atoms with Gasteiger partial charge in [-0.15, -0.1) is 0 Å². The third kappa shape index (κ3) is 6.70. The summed E-state index contributed by atoms with van der Waals surface area (Å²) in [6.45, 7) is 1.78. The van der Waals surface area contributed by atoms with Gasteiger partial charge in [0.1, 0.15) is 5.56 Å². The highest BCUT2D eigenvalue weighted by Gasteiger charge is 2.17. The van der Waals surface area contributed by atoms with Crippen molar-refractivity contribution in [1.29, 1.82) is 0 Å². The zero-order valence-electron chi connectivity index (χ0n) is 21.3. The fraction of sp³-hybridized carbons (Fsp3) is 0.0741. The zero-order chi connectivity index (χ0) is 29.0. The van der Waals surface area contributed by atoms with Crippen LogP contribution >= 0.6 is 0 Å². The lowest BCUT2D eigenvalue weighted by Crippen LogP contribution is -2.29. The van der Waals surface area contributed by atoms with Crippen LogP contribution in [0.4, 0.5) is 15.8 Å². The number of nitrogens with two attached hydrogens (primary N) is 1. The Morgan fingerprint density at radius 1 is 1.07 bits per heavy atom. The van der Waals surface area contributed by atoms with E-state index in [1.165, 1.54) is 22.8 Å². The Labute approximate surface area is 227 Å². The third-order valence-corrected chi connectivity index (χ3v) is 5.52. The van der Waals surface area contributed by atoms with Gasteiger partial charge in [0.15, 0.2) is 17.3 Å². The molecular formula is C27H24FN5O6S. The molecule has 0 aliphatic carbocycles. The van der Waals surface area contributed by atoms with E-state index < -0.39 is 27.4 Å². The minimum Gasteiger partial charge on any atom is -0.452 e. The molecular weight excluding hydrogens is 541 g/mol. The van der Waals surface area contributed by atoms with E-state index in [1.54, 1.807) is 55.6 Å². The maximum atomic E-state index is 14.8. The number of halogens is 1. The minimum absolute atomic E-state index is 0.0682. The highest BCUT2D eigenvalue weighted by molar-refractivity contribution is 7.85. The summed E-state index contributed by atoms with van der Waals surface area (Å²) in [5, 5.41) is 10.1. The number of nitrogens with one attached hydrogen (secondary N) is 2. The number of benzene rings is 3. The van der Waals surface area contributed by atoms with Crippen molar-refractivity contribution in [3.05, 3.63) is 106 Å². The molecule has 0 unspecified atom stereocenters. The van der Waals surface area contributed by atoms with Crippen LogP contribution in [0.25, 0.3) is 16.6 Å². The van der Waals surface area contributed by atoms with Gasteiger partial charge in [0.2, 0.25) is 0 Å². The predicted octanol–water partition coefficient (Wildman–Crippen LogP) is 4.29. The van der Waals surface area contributed by atoms with Crippen LogP contribution in [0.15, 0.2) is 83.8 Å². The second-order valence-corrected chi connectivity index (χ2v) is 10.1. The summed E-state index contributed by atoms with van der Waals surface area (Å²) < 4.78 is 47.8. The Kier molecular flexibility index (Phi) is 7.98. The number of aromatic nitrogens is 3. The smallest absolute Gasteiger partial charge is 0.268 e. The topological polar surface area (TPSA) is 169 Å². The number of amides is 1. The summed E-state index contributed by atoms with van der Waals surface area (Å²) in [7, 11) is -3.67. The summed E-state index contributed by atoms with van der Waals surface area (Å²) >= 11 is 0. The number of ether oxygens (including phenoxy) is 1. The summed E-state index contributed by atoms with van der Waals surface area (Å²) in [5.74, 6) is -1.16. The van der Waals surface area contributed by atoms with Crippen molar-refractivity contribution in [2.45, 2.75) is 6.92 Å². The van der Waals surface area contributed by atoms with Crippen molar-refractivity contribution in [3.63, 3.8) is 0 Å². The standard InChI is InChI=1S/C26H20FN5O3.CH4O3S/c1-15-7-9-19(26(34)32(15)18-5-3-2-4-6-18)25(33)30-17-8-10-23(20(27)12-17)35-24-11-16-14-29-31-22(16)13-21(24)28;1-5(2,3)4/h2-14H,28H2,1H3,(H,29,31)(H,30,33);1H3,(H,2,3,4). The van der Waals surface area contributed by atoms with Crippen LogP contribution in [0.3, 0.4) is 0 Å². The van der Waals surface area contributed by atoms with Crippen LogP contribution in [0, 0.1) is 12.7 Å². The number of pyridine rings is 1. The number of hydrogen-bond donors (Lipinski definition) is 4. The number of fused-ring (bicyclic) bond motifs is 1. The van der Waals surface area contributed by atoms with Gasteiger partial charge in [-0.2, -0.15) is 13.5 Å². The van der Waals surface area contributed by atoms with Crippen LogP contribution < -0.4 is 21.3 Å². The van der Waals surface area contributed by atoms with E-state index in [-0.39, 0.29) is 22.7 Å². The lowest BCUT2D eigenvalue weighted by molar-refractivity contribution is 0.102. The van der Waals surface area contributed by atoms with Gasteiger partial charge in [0, 0.05) is 28.5 Å². The van der Waals surface area contributed by atoms with E-state index in [9.17, 15) is 22.4 Å². The molecule has 5 aromatic rings. The Bertz CT molecular complexity index is 1860. The Balaban J connectivity index is 0.000000681. The van der Waals surface area contributed by atoms with Crippen molar-refractivity contribution in [3.8, 4) is 17.2 Å². The maximum absolute atomic E-state index is 14.8. The first-order chi connectivity index (χ1) is 18.9. The molecule has 0 radical (unpaired) electrons. The summed E-state index contributed by atoms with van der Waals surface area (Å²) in [6.07, 6.45) is 2.32. The number of para-hydroxylation sites is 1. The maximum Gasteiger partial charge on any atom is 0.268 e. The predicted molar refractivity (Wildman–Crippen MR) is 149 cm³/mol. The molecule has 5 rings (SSSR count). The molecule has 40 heavy (non-hydrogen) atoms. The Morgan fingerprint density at radius 3 is 2.45 bits per heavy atom. The number of nitrogens with zero attached hydrogens (tertiary/aromatic N) is 2. The largest absolute Gasteiger partial charge is 0.452 e. The van der Waals surface area contributed by atoms with Crippen molar-refractivity contribution in [1.82, 2.24) is 14.8 Å². The van der Waals surface area contributed by atoms with Gasteiger partial charge in [-0.05, 0) is 55.5 Å². The van der Waals surface area contributed by atoms with E-state index >= 15 is 0 Å². The second kappa shape index (κ2) is 11.4. The van der Waals surface area contributed by atoms with E-state index in [0.29, 0.717) is 23.3 Å². The molecule has 0 aliphatic heterocycles. The molecule has 0 atom stereocenters. The van der Waals surface area contributed by atoms with Crippen molar-refractivity contribution in [2.75, 3.05) is 17.3 Å². The van der Waals surface area contributed by atoms with Crippen molar-refractivity contribution in [2.24, 2.45) is 0 Å². The van der Waals surface area contributed by atoms with E-state index in [1.807, 2.05) is 6.07 Å². The van der Waals surface area contributed by atoms with Crippen LogP contribution in [-0.2, 0) is 10.1 Å². The van der Waals surface area contributed by atoms with Crippen molar-refractivity contribution < 1.29 is 26.9 Å². The molecule has 206 valence electrons. The third-order valence-electron chi connectivity index (χ3n) is 5.52. The van der Waals surface area contributed by atoms with Gasteiger partial charge in [-0.1, -0.05) is 18.2 Å². The summed E-state index contributed by atoms with van der Waals surface area (Å²) in [6, 6.07) is 19.4. The molecule has 0 fully saturated rings. The first-order valence-corrected chi connectivity index (χ1v) is 13.5. The number of nitrogen functional groups attached to an aromatic ring is 1. The zero-order valence-corrected chi connectivity index (χ0v) is 22.1. The summed E-state index contributed by atoms with van der Waals surface area (Å²) in [4.78, 5) is 25.9. The highest BCUT2D eigenvalue weighted by Crippen LogP contribution is 2.33. The number of carbonyl (C=O) groups excluding carboxylic acids is 1. The number of carbonyl (C=O) groups is 1. The summed E-state index contributed by atoms with van der Waals surface area (Å²) in [5.41, 5.74) is 8.00. The van der Waals surface area contributed by atoms with Gasteiger partial charge in [0.05, 0.1) is 23.7 Å². The monoisotopic (exact) mass is 565 g/mol. The molecule has 2 aromatic heterocycles. The Hall–Kier alpha value is -5.01. The number of rotatable bonds is 5. The van der Waals surface area contributed by atoms with Crippen LogP contribution in [0.1, 0.15) is 16.1 Å². The molecule has 0 bridgehead atoms. The number of hydrogen-bond acceptors (Lipinski definition) is 7. The number of aromatic amines is 1. The lowest BCUT2D eigenvalue weighted by Gasteiger charge is -2.13. The first-order valence-electron chi connectivity index (χ1n) is 11.6. The molecule has 0 saturated carbocycles. The van der Waals surface area contributed by atoms with E-state index in [0.717, 1.165) is 17.0 Å². The number of H-pyrrole nitrogens is 1. The fourth-order valence-electron chi connectivity index (χ4n) is 3.76. The molecule has 0 aliphatic rings. The van der Waals surface area contributed by atoms with Gasteiger partial charge in [0.25, 0.3) is 21.6 Å². The lowest BCUT2D eigenvalue weighted by atomic mass is 10.2. The van der Waals surface area contributed by atoms with E-state index in [2.05, 4.69) is 15.5 Å². The van der Waals surface area contributed by atoms with Gasteiger partial charge < -0.3 is 15.8 Å².